The Morgan fingerprint density at radius 1 is 1.35 bits per heavy atom. The largest absolute Gasteiger partial charge is 0.479 e. The third-order valence-electron chi connectivity index (χ3n) is 2.28. The van der Waals surface area contributed by atoms with Crippen LogP contribution in [0.5, 0.6) is 5.75 Å². The normalized spacial score (nSPS) is 14.4. The van der Waals surface area contributed by atoms with Gasteiger partial charge in [0.25, 0.3) is 0 Å². The Hall–Kier alpha value is -1.72. The summed E-state index contributed by atoms with van der Waals surface area (Å²) in [5.41, 5.74) is 0.290. The maximum absolute atomic E-state index is 13.2. The van der Waals surface area contributed by atoms with Crippen LogP contribution in [0.2, 0.25) is 0 Å². The first-order valence-corrected chi connectivity index (χ1v) is 4.83. The van der Waals surface area contributed by atoms with Gasteiger partial charge in [-0.2, -0.15) is 8.78 Å². The molecule has 0 aliphatic carbocycles. The van der Waals surface area contributed by atoms with Crippen LogP contribution >= 0.6 is 0 Å². The third kappa shape index (κ3) is 3.65. The Bertz CT molecular complexity index is 395. The molecule has 6 heteroatoms. The fourth-order valence-electron chi connectivity index (χ4n) is 1.36. The molecule has 0 saturated heterocycles. The summed E-state index contributed by atoms with van der Waals surface area (Å²) in [5.74, 6) is -2.65. The zero-order valence-corrected chi connectivity index (χ0v) is 8.94. The summed E-state index contributed by atoms with van der Waals surface area (Å²) in [4.78, 5) is 10.5. The van der Waals surface area contributed by atoms with E-state index < -0.39 is 24.7 Å². The number of ether oxygens (including phenoxy) is 1. The first-order chi connectivity index (χ1) is 7.91. The van der Waals surface area contributed by atoms with Crippen molar-refractivity contribution >= 4 is 5.97 Å². The van der Waals surface area contributed by atoms with Gasteiger partial charge in [0, 0.05) is 5.92 Å². The van der Waals surface area contributed by atoms with Crippen LogP contribution in [0.4, 0.5) is 13.2 Å². The summed E-state index contributed by atoms with van der Waals surface area (Å²) in [6, 6.07) is 5.35. The van der Waals surface area contributed by atoms with Gasteiger partial charge in [0.2, 0.25) is 6.17 Å². The molecular formula is C11H11F3O3. The van der Waals surface area contributed by atoms with E-state index in [2.05, 4.69) is 4.74 Å². The molecule has 2 atom stereocenters. The summed E-state index contributed by atoms with van der Waals surface area (Å²) < 4.78 is 41.3. The number of carboxylic acid groups (broad SMARTS) is 1. The summed E-state index contributed by atoms with van der Waals surface area (Å²) in [6.45, 7) is -1.61. The van der Waals surface area contributed by atoms with E-state index in [9.17, 15) is 18.0 Å². The zero-order valence-electron chi connectivity index (χ0n) is 8.94. The molecule has 1 aromatic carbocycles. The number of alkyl halides is 3. The van der Waals surface area contributed by atoms with Gasteiger partial charge in [0.15, 0.2) is 0 Å². The van der Waals surface area contributed by atoms with Crippen molar-refractivity contribution in [3.05, 3.63) is 29.8 Å². The molecule has 0 saturated carbocycles. The van der Waals surface area contributed by atoms with Gasteiger partial charge in [0.1, 0.15) is 5.75 Å². The van der Waals surface area contributed by atoms with Crippen molar-refractivity contribution in [1.82, 2.24) is 0 Å². The highest BCUT2D eigenvalue weighted by atomic mass is 19.3. The second kappa shape index (κ2) is 5.56. The molecule has 3 nitrogen and oxygen atoms in total. The molecule has 0 fully saturated rings. The minimum absolute atomic E-state index is 0.123. The summed E-state index contributed by atoms with van der Waals surface area (Å²) in [7, 11) is 0. The fourth-order valence-corrected chi connectivity index (χ4v) is 1.36. The molecule has 0 amide bonds. The summed E-state index contributed by atoms with van der Waals surface area (Å²) >= 11 is 0. The third-order valence-corrected chi connectivity index (χ3v) is 2.28. The van der Waals surface area contributed by atoms with Crippen molar-refractivity contribution < 1.29 is 27.8 Å². The molecule has 0 radical (unpaired) electrons. The van der Waals surface area contributed by atoms with Crippen LogP contribution in [0.15, 0.2) is 24.3 Å². The van der Waals surface area contributed by atoms with Gasteiger partial charge in [0.05, 0.1) is 0 Å². The van der Waals surface area contributed by atoms with Gasteiger partial charge in [-0.25, -0.2) is 9.18 Å². The minimum atomic E-state index is -2.97. The molecule has 0 aliphatic heterocycles. The molecule has 17 heavy (non-hydrogen) atoms. The molecule has 94 valence electrons. The fraction of sp³-hybridized carbons (Fsp3) is 0.364. The second-order valence-corrected chi connectivity index (χ2v) is 3.48. The van der Waals surface area contributed by atoms with Crippen LogP contribution in [-0.2, 0) is 4.79 Å². The smallest absolute Gasteiger partial charge is 0.387 e. The van der Waals surface area contributed by atoms with Gasteiger partial charge in [-0.3, -0.25) is 0 Å². The topological polar surface area (TPSA) is 46.5 Å². The Morgan fingerprint density at radius 2 is 2.00 bits per heavy atom. The van der Waals surface area contributed by atoms with Crippen LogP contribution < -0.4 is 4.74 Å². The van der Waals surface area contributed by atoms with Gasteiger partial charge < -0.3 is 9.84 Å². The lowest BCUT2D eigenvalue weighted by atomic mass is 9.96. The van der Waals surface area contributed by atoms with E-state index in [0.717, 1.165) is 0 Å². The van der Waals surface area contributed by atoms with Gasteiger partial charge in [-0.05, 0) is 17.7 Å². The molecule has 0 spiro atoms. The van der Waals surface area contributed by atoms with Gasteiger partial charge >= 0.3 is 12.6 Å². The van der Waals surface area contributed by atoms with E-state index >= 15 is 0 Å². The number of benzene rings is 1. The van der Waals surface area contributed by atoms with E-state index in [1.807, 2.05) is 0 Å². The highest BCUT2D eigenvalue weighted by molar-refractivity contribution is 5.73. The van der Waals surface area contributed by atoms with E-state index in [4.69, 9.17) is 5.11 Å². The predicted molar refractivity (Wildman–Crippen MR) is 54.0 cm³/mol. The molecule has 0 aliphatic rings. The van der Waals surface area contributed by atoms with E-state index in [0.29, 0.717) is 0 Å². The second-order valence-electron chi connectivity index (χ2n) is 3.48. The molecule has 0 aromatic heterocycles. The summed E-state index contributed by atoms with van der Waals surface area (Å²) in [5, 5.41) is 8.50. The zero-order chi connectivity index (χ0) is 13.0. The Morgan fingerprint density at radius 3 is 2.53 bits per heavy atom. The minimum Gasteiger partial charge on any atom is -0.479 e. The Kier molecular flexibility index (Phi) is 4.37. The van der Waals surface area contributed by atoms with Crippen molar-refractivity contribution in [1.29, 1.82) is 0 Å². The van der Waals surface area contributed by atoms with Gasteiger partial charge in [-0.15, -0.1) is 0 Å². The van der Waals surface area contributed by atoms with Crippen LogP contribution in [0, 0.1) is 0 Å². The number of rotatable bonds is 5. The van der Waals surface area contributed by atoms with Crippen LogP contribution in [0.1, 0.15) is 18.4 Å². The molecule has 2 unspecified atom stereocenters. The van der Waals surface area contributed by atoms with Gasteiger partial charge in [-0.1, -0.05) is 19.1 Å². The first kappa shape index (κ1) is 13.3. The van der Waals surface area contributed by atoms with E-state index in [1.54, 1.807) is 0 Å². The molecule has 1 aromatic rings. The number of hydrogen-bond acceptors (Lipinski definition) is 2. The standard InChI is InChI=1S/C11H11F3O3/c1-6(9(12)10(15)16)7-3-2-4-8(5-7)17-11(13)14/h2-6,9,11H,1H3,(H,15,16). The van der Waals surface area contributed by atoms with E-state index in [1.165, 1.54) is 31.2 Å². The predicted octanol–water partition coefficient (Wildman–Crippen LogP) is 2.81. The quantitative estimate of drug-likeness (QED) is 0.871. The van der Waals surface area contributed by atoms with Crippen molar-refractivity contribution in [2.75, 3.05) is 0 Å². The SMILES string of the molecule is CC(c1cccc(OC(F)F)c1)C(F)C(=O)O. The lowest BCUT2D eigenvalue weighted by Gasteiger charge is -2.14. The number of halogens is 3. The average molecular weight is 248 g/mol. The number of carbonyl (C=O) groups is 1. The Balaban J connectivity index is 2.87. The first-order valence-electron chi connectivity index (χ1n) is 4.83. The molecular weight excluding hydrogens is 237 g/mol. The maximum Gasteiger partial charge on any atom is 0.387 e. The van der Waals surface area contributed by atoms with Crippen molar-refractivity contribution in [2.45, 2.75) is 25.6 Å². The molecule has 0 heterocycles. The highest BCUT2D eigenvalue weighted by Crippen LogP contribution is 2.26. The van der Waals surface area contributed by atoms with Crippen LogP contribution in [0.3, 0.4) is 0 Å². The summed E-state index contributed by atoms with van der Waals surface area (Å²) in [6.07, 6.45) is -2.09. The number of aliphatic carboxylic acids is 1. The highest BCUT2D eigenvalue weighted by Gasteiger charge is 2.25. The lowest BCUT2D eigenvalue weighted by molar-refractivity contribution is -0.143. The average Bonchev–Trinajstić information content (AvgIpc) is 2.26. The maximum atomic E-state index is 13.2. The molecule has 1 rings (SSSR count). The molecule has 1 N–H and O–H groups in total. The van der Waals surface area contributed by atoms with Crippen molar-refractivity contribution in [3.8, 4) is 5.75 Å². The van der Waals surface area contributed by atoms with E-state index in [-0.39, 0.29) is 11.3 Å². The lowest BCUT2D eigenvalue weighted by Crippen LogP contribution is -2.21. The monoisotopic (exact) mass is 248 g/mol. The number of carboxylic acids is 1. The Labute approximate surface area is 95.8 Å². The van der Waals surface area contributed by atoms with Crippen molar-refractivity contribution in [3.63, 3.8) is 0 Å². The number of hydrogen-bond donors (Lipinski definition) is 1. The van der Waals surface area contributed by atoms with Crippen LogP contribution in [0.25, 0.3) is 0 Å². The van der Waals surface area contributed by atoms with Crippen molar-refractivity contribution in [2.24, 2.45) is 0 Å². The molecule has 0 bridgehead atoms. The van der Waals surface area contributed by atoms with Crippen LogP contribution in [-0.4, -0.2) is 23.9 Å².